The van der Waals surface area contributed by atoms with Crippen LogP contribution >= 0.6 is 0 Å². The predicted molar refractivity (Wildman–Crippen MR) is 145 cm³/mol. The van der Waals surface area contributed by atoms with Gasteiger partial charge in [0.05, 0.1) is 5.56 Å². The second-order valence-corrected chi connectivity index (χ2v) is 12.3. The van der Waals surface area contributed by atoms with Crippen LogP contribution < -0.4 is 5.32 Å². The summed E-state index contributed by atoms with van der Waals surface area (Å²) < 4.78 is 16.6. The second-order valence-electron chi connectivity index (χ2n) is 12.3. The van der Waals surface area contributed by atoms with Crippen molar-refractivity contribution < 1.29 is 38.5 Å². The average molecular weight is 574 g/mol. The quantitative estimate of drug-likeness (QED) is 0.403. The number of anilines is 1. The summed E-state index contributed by atoms with van der Waals surface area (Å²) in [6.45, 7) is 10.7. The summed E-state index contributed by atoms with van der Waals surface area (Å²) in [6.07, 6.45) is -0.137. The van der Waals surface area contributed by atoms with E-state index in [0.29, 0.717) is 5.56 Å². The highest BCUT2D eigenvalue weighted by Gasteiger charge is 2.51. The van der Waals surface area contributed by atoms with Crippen molar-refractivity contribution >= 4 is 29.9 Å². The van der Waals surface area contributed by atoms with Crippen molar-refractivity contribution in [1.82, 2.24) is 14.8 Å². The SMILES string of the molecule is CC(C)(C)OC(=O)N1CCC(O)(C(=O)OC2(C(=O)Nc3ccc(C#N)cn3)CCN(C(=O)OC(C)(C)C)CC2)CC1. The maximum Gasteiger partial charge on any atom is 0.410 e. The van der Waals surface area contributed by atoms with Crippen LogP contribution in [-0.4, -0.2) is 92.5 Å². The average Bonchev–Trinajstić information content (AvgIpc) is 2.87. The summed E-state index contributed by atoms with van der Waals surface area (Å²) in [5.74, 6) is -1.53. The smallest absolute Gasteiger partial charge is 0.410 e. The third-order valence-corrected chi connectivity index (χ3v) is 6.68. The second kappa shape index (κ2) is 11.9. The number of piperidine rings is 2. The molecule has 2 N–H and O–H groups in total. The number of esters is 1. The Morgan fingerprint density at radius 2 is 1.39 bits per heavy atom. The van der Waals surface area contributed by atoms with E-state index in [1.165, 1.54) is 28.1 Å². The molecule has 3 heterocycles. The van der Waals surface area contributed by atoms with E-state index in [-0.39, 0.29) is 57.7 Å². The first-order valence-corrected chi connectivity index (χ1v) is 13.5. The van der Waals surface area contributed by atoms with Crippen LogP contribution in [-0.2, 0) is 23.8 Å². The summed E-state index contributed by atoms with van der Waals surface area (Å²) in [7, 11) is 0. The molecule has 0 aliphatic carbocycles. The number of nitrogens with one attached hydrogen (secondary N) is 1. The lowest BCUT2D eigenvalue weighted by molar-refractivity contribution is -0.192. The molecule has 41 heavy (non-hydrogen) atoms. The Bertz CT molecular complexity index is 1180. The topological polar surface area (TPSA) is 171 Å². The van der Waals surface area contributed by atoms with Gasteiger partial charge in [-0.05, 0) is 53.7 Å². The first kappa shape index (κ1) is 31.6. The highest BCUT2D eigenvalue weighted by molar-refractivity contribution is 5.98. The number of aliphatic hydroxyl groups is 1. The molecule has 0 unspecified atom stereocenters. The molecule has 2 aliphatic heterocycles. The maximum atomic E-state index is 13.6. The fraction of sp³-hybridized carbons (Fsp3) is 0.643. The number of amides is 3. The summed E-state index contributed by atoms with van der Waals surface area (Å²) in [6, 6.07) is 4.87. The van der Waals surface area contributed by atoms with Crippen LogP contribution in [0.15, 0.2) is 18.3 Å². The lowest BCUT2D eigenvalue weighted by Crippen LogP contribution is -2.59. The van der Waals surface area contributed by atoms with Gasteiger partial charge in [0.1, 0.15) is 23.1 Å². The molecule has 13 nitrogen and oxygen atoms in total. The molecule has 0 saturated carbocycles. The van der Waals surface area contributed by atoms with E-state index in [2.05, 4.69) is 10.3 Å². The van der Waals surface area contributed by atoms with Crippen molar-refractivity contribution in [2.24, 2.45) is 0 Å². The molecular formula is C28H39N5O8. The highest BCUT2D eigenvalue weighted by atomic mass is 16.6. The zero-order valence-electron chi connectivity index (χ0n) is 24.5. The van der Waals surface area contributed by atoms with E-state index in [0.717, 1.165) is 0 Å². The minimum atomic E-state index is -1.93. The fourth-order valence-corrected chi connectivity index (χ4v) is 4.38. The zero-order valence-corrected chi connectivity index (χ0v) is 24.5. The minimum absolute atomic E-state index is 0.0553. The Morgan fingerprint density at radius 1 is 0.902 bits per heavy atom. The van der Waals surface area contributed by atoms with E-state index in [9.17, 15) is 24.3 Å². The number of aromatic nitrogens is 1. The van der Waals surface area contributed by atoms with E-state index in [1.54, 1.807) is 41.5 Å². The van der Waals surface area contributed by atoms with E-state index >= 15 is 0 Å². The number of likely N-dealkylation sites (tertiary alicyclic amines) is 2. The van der Waals surface area contributed by atoms with Gasteiger partial charge in [0.2, 0.25) is 0 Å². The van der Waals surface area contributed by atoms with Crippen molar-refractivity contribution in [2.75, 3.05) is 31.5 Å². The molecule has 0 bridgehead atoms. The van der Waals surface area contributed by atoms with Crippen molar-refractivity contribution in [3.05, 3.63) is 23.9 Å². The molecule has 0 spiro atoms. The minimum Gasteiger partial charge on any atom is -0.447 e. The molecule has 2 aliphatic rings. The number of carbonyl (C=O) groups is 4. The van der Waals surface area contributed by atoms with Crippen LogP contribution in [0.5, 0.6) is 0 Å². The van der Waals surface area contributed by atoms with Gasteiger partial charge in [-0.3, -0.25) is 4.79 Å². The molecular weight excluding hydrogens is 534 g/mol. The fourth-order valence-electron chi connectivity index (χ4n) is 4.38. The van der Waals surface area contributed by atoms with Crippen LogP contribution in [0.3, 0.4) is 0 Å². The van der Waals surface area contributed by atoms with Gasteiger partial charge < -0.3 is 34.4 Å². The number of rotatable bonds is 4. The molecule has 224 valence electrons. The lowest BCUT2D eigenvalue weighted by Gasteiger charge is -2.42. The summed E-state index contributed by atoms with van der Waals surface area (Å²) in [5, 5.41) is 22.8. The Morgan fingerprint density at radius 3 is 1.80 bits per heavy atom. The largest absolute Gasteiger partial charge is 0.447 e. The first-order valence-electron chi connectivity index (χ1n) is 13.5. The normalized spacial score (nSPS) is 18.5. The number of carbonyl (C=O) groups excluding carboxylic acids is 4. The van der Waals surface area contributed by atoms with Gasteiger partial charge in [-0.15, -0.1) is 0 Å². The van der Waals surface area contributed by atoms with Crippen LogP contribution in [0.4, 0.5) is 15.4 Å². The first-order chi connectivity index (χ1) is 19.0. The highest BCUT2D eigenvalue weighted by Crippen LogP contribution is 2.33. The van der Waals surface area contributed by atoms with E-state index in [1.807, 2.05) is 6.07 Å². The summed E-state index contributed by atoms with van der Waals surface area (Å²) in [5.41, 5.74) is -4.76. The molecule has 3 amide bonds. The predicted octanol–water partition coefficient (Wildman–Crippen LogP) is 2.97. The Labute approximate surface area is 239 Å². The lowest BCUT2D eigenvalue weighted by atomic mass is 9.88. The molecule has 0 radical (unpaired) electrons. The third-order valence-electron chi connectivity index (χ3n) is 6.68. The van der Waals surface area contributed by atoms with Gasteiger partial charge >= 0.3 is 18.2 Å². The summed E-state index contributed by atoms with van der Waals surface area (Å²) >= 11 is 0. The van der Waals surface area contributed by atoms with E-state index < -0.39 is 46.5 Å². The zero-order chi connectivity index (χ0) is 30.6. The van der Waals surface area contributed by atoms with Crippen LogP contribution in [0.2, 0.25) is 0 Å². The molecule has 3 rings (SSSR count). The van der Waals surface area contributed by atoms with Gasteiger partial charge in [0.15, 0.2) is 11.2 Å². The Balaban J connectivity index is 1.75. The van der Waals surface area contributed by atoms with E-state index in [4.69, 9.17) is 19.5 Å². The Kier molecular flexibility index (Phi) is 9.17. The van der Waals surface area contributed by atoms with Gasteiger partial charge in [0.25, 0.3) is 5.91 Å². The molecule has 0 aromatic carbocycles. The van der Waals surface area contributed by atoms with Gasteiger partial charge in [-0.25, -0.2) is 19.4 Å². The standard InChI is InChI=1S/C28H39N5O8/c1-25(2,3)40-23(36)32-13-9-27(38,10-14-32)22(35)39-28(21(34)31-20-8-7-19(17-29)18-30-20)11-15-33(16-12-28)24(37)41-26(4,5)6/h7-8,18,38H,9-16H2,1-6H3,(H,30,31,34). The number of hydrogen-bond acceptors (Lipinski definition) is 10. The van der Waals surface area contributed by atoms with Crippen LogP contribution in [0.25, 0.3) is 0 Å². The maximum absolute atomic E-state index is 13.6. The molecule has 2 saturated heterocycles. The third kappa shape index (κ3) is 8.29. The number of nitrogens with zero attached hydrogens (tertiary/aromatic N) is 4. The van der Waals surface area contributed by atoms with Crippen molar-refractivity contribution in [1.29, 1.82) is 5.26 Å². The number of pyridine rings is 1. The molecule has 13 heteroatoms. The van der Waals surface area contributed by atoms with Crippen LogP contribution in [0.1, 0.15) is 72.8 Å². The molecule has 2 fully saturated rings. The van der Waals surface area contributed by atoms with Gasteiger partial charge in [-0.1, -0.05) is 0 Å². The number of nitriles is 1. The molecule has 1 aromatic heterocycles. The summed E-state index contributed by atoms with van der Waals surface area (Å²) in [4.78, 5) is 58.9. The molecule has 0 atom stereocenters. The van der Waals surface area contributed by atoms with Crippen LogP contribution in [0, 0.1) is 11.3 Å². The van der Waals surface area contributed by atoms with Gasteiger partial charge in [0, 0.05) is 58.1 Å². The van der Waals surface area contributed by atoms with Crippen molar-refractivity contribution in [3.8, 4) is 6.07 Å². The monoisotopic (exact) mass is 573 g/mol. The number of ether oxygens (including phenoxy) is 3. The molecule has 1 aromatic rings. The number of hydrogen-bond donors (Lipinski definition) is 2. The van der Waals surface area contributed by atoms with Crippen molar-refractivity contribution in [3.63, 3.8) is 0 Å². The van der Waals surface area contributed by atoms with Crippen molar-refractivity contribution in [2.45, 2.75) is 89.6 Å². The Hall–Kier alpha value is -3.92. The van der Waals surface area contributed by atoms with Gasteiger partial charge in [-0.2, -0.15) is 5.26 Å².